The van der Waals surface area contributed by atoms with E-state index in [4.69, 9.17) is 0 Å². The van der Waals surface area contributed by atoms with Gasteiger partial charge >= 0.3 is 0 Å². The van der Waals surface area contributed by atoms with Crippen molar-refractivity contribution in [2.75, 3.05) is 6.54 Å². The Morgan fingerprint density at radius 3 is 2.26 bits per heavy atom. The molecular weight excluding hydrogens is 242 g/mol. The number of aliphatic hydroxyl groups is 1. The molecule has 1 saturated heterocycles. The fourth-order valence-corrected chi connectivity index (χ4v) is 4.18. The molecule has 2 saturated carbocycles. The number of hydrogen-bond acceptors (Lipinski definition) is 3. The molecule has 3 rings (SSSR count). The summed E-state index contributed by atoms with van der Waals surface area (Å²) < 4.78 is 0. The topological polar surface area (TPSA) is 57.6 Å². The number of hydrogen-bond donors (Lipinski definition) is 1. The van der Waals surface area contributed by atoms with Gasteiger partial charge in [0.15, 0.2) is 0 Å². The molecule has 3 aliphatic rings. The molecule has 1 heterocycles. The van der Waals surface area contributed by atoms with E-state index >= 15 is 0 Å². The smallest absolute Gasteiger partial charge is 0.233 e. The van der Waals surface area contributed by atoms with Crippen molar-refractivity contribution in [1.82, 2.24) is 4.90 Å². The molecule has 4 heteroatoms. The van der Waals surface area contributed by atoms with Crippen molar-refractivity contribution < 1.29 is 14.7 Å². The van der Waals surface area contributed by atoms with Crippen LogP contribution in [0.25, 0.3) is 0 Å². The largest absolute Gasteiger partial charge is 0.393 e. The van der Waals surface area contributed by atoms with Crippen LogP contribution in [0.5, 0.6) is 0 Å². The third kappa shape index (κ3) is 2.10. The zero-order chi connectivity index (χ0) is 13.6. The van der Waals surface area contributed by atoms with Gasteiger partial charge in [0.25, 0.3) is 0 Å². The van der Waals surface area contributed by atoms with Crippen molar-refractivity contribution in [3.8, 4) is 0 Å². The molecule has 0 aromatic rings. The normalized spacial score (nSPS) is 42.2. The number of aliphatic hydroxyl groups excluding tert-OH is 1. The van der Waals surface area contributed by atoms with Gasteiger partial charge in [-0.15, -0.1) is 0 Å². The van der Waals surface area contributed by atoms with Gasteiger partial charge in [-0.05, 0) is 31.6 Å². The summed E-state index contributed by atoms with van der Waals surface area (Å²) in [5.41, 5.74) is 0. The van der Waals surface area contributed by atoms with Crippen LogP contribution in [0.2, 0.25) is 0 Å². The van der Waals surface area contributed by atoms with E-state index in [0.29, 0.717) is 12.5 Å². The van der Waals surface area contributed by atoms with Crippen LogP contribution in [0.4, 0.5) is 0 Å². The Balaban J connectivity index is 1.69. The maximum Gasteiger partial charge on any atom is 0.233 e. The summed E-state index contributed by atoms with van der Waals surface area (Å²) in [6.07, 6.45) is 5.26. The quantitative estimate of drug-likeness (QED) is 0.788. The van der Waals surface area contributed by atoms with Gasteiger partial charge in [-0.1, -0.05) is 19.8 Å². The summed E-state index contributed by atoms with van der Waals surface area (Å²) in [6.45, 7) is 2.58. The first-order valence-electron chi connectivity index (χ1n) is 7.65. The molecule has 1 N–H and O–H groups in total. The monoisotopic (exact) mass is 265 g/mol. The molecular formula is C15H23NO3. The minimum Gasteiger partial charge on any atom is -0.393 e. The second-order valence-electron chi connectivity index (χ2n) is 6.50. The van der Waals surface area contributed by atoms with Crippen molar-refractivity contribution in [3.63, 3.8) is 0 Å². The molecule has 0 radical (unpaired) electrons. The predicted octanol–water partition coefficient (Wildman–Crippen LogP) is 1.57. The van der Waals surface area contributed by atoms with E-state index in [-0.39, 0.29) is 35.7 Å². The molecule has 1 aliphatic heterocycles. The summed E-state index contributed by atoms with van der Waals surface area (Å²) in [4.78, 5) is 26.2. The van der Waals surface area contributed by atoms with Crippen LogP contribution in [-0.2, 0) is 9.59 Å². The van der Waals surface area contributed by atoms with E-state index in [1.165, 1.54) is 4.90 Å². The standard InChI is InChI=1S/C15H23NO3/c1-2-9-6-11-12(7-9)15(19)16(14(11)18)8-10-4-3-5-13(10)17/h9-13,17H,2-8H2,1H3. The van der Waals surface area contributed by atoms with Crippen LogP contribution in [-0.4, -0.2) is 34.5 Å². The van der Waals surface area contributed by atoms with E-state index in [1.807, 2.05) is 0 Å². The zero-order valence-electron chi connectivity index (χ0n) is 11.5. The number of fused-ring (bicyclic) bond motifs is 1. The van der Waals surface area contributed by atoms with E-state index in [2.05, 4.69) is 6.92 Å². The van der Waals surface area contributed by atoms with Crippen molar-refractivity contribution in [1.29, 1.82) is 0 Å². The lowest BCUT2D eigenvalue weighted by atomic mass is 10.00. The number of carbonyl (C=O) groups is 2. The maximum atomic E-state index is 12.4. The predicted molar refractivity (Wildman–Crippen MR) is 70.1 cm³/mol. The number of nitrogens with zero attached hydrogens (tertiary/aromatic N) is 1. The van der Waals surface area contributed by atoms with Crippen LogP contribution in [0.15, 0.2) is 0 Å². The summed E-state index contributed by atoms with van der Waals surface area (Å²) in [7, 11) is 0. The Kier molecular flexibility index (Phi) is 3.37. The molecule has 4 nitrogen and oxygen atoms in total. The Morgan fingerprint density at radius 1 is 1.16 bits per heavy atom. The third-order valence-electron chi connectivity index (χ3n) is 5.44. The summed E-state index contributed by atoms with van der Waals surface area (Å²) in [5, 5.41) is 9.86. The molecule has 0 bridgehead atoms. The SMILES string of the molecule is CCC1CC2C(=O)N(CC3CCCC3O)C(=O)C2C1. The minimum atomic E-state index is -0.329. The fraction of sp³-hybridized carbons (Fsp3) is 0.867. The fourth-order valence-electron chi connectivity index (χ4n) is 4.18. The Hall–Kier alpha value is -0.900. The molecule has 0 aromatic heterocycles. The second kappa shape index (κ2) is 4.89. The maximum absolute atomic E-state index is 12.4. The average Bonchev–Trinajstić information content (AvgIpc) is 3.05. The lowest BCUT2D eigenvalue weighted by molar-refractivity contribution is -0.141. The average molecular weight is 265 g/mol. The lowest BCUT2D eigenvalue weighted by Gasteiger charge is -2.23. The first kappa shape index (κ1) is 13.1. The van der Waals surface area contributed by atoms with Gasteiger partial charge in [-0.25, -0.2) is 0 Å². The number of rotatable bonds is 3. The van der Waals surface area contributed by atoms with Gasteiger partial charge in [0.1, 0.15) is 0 Å². The summed E-state index contributed by atoms with van der Waals surface area (Å²) in [5.74, 6) is 0.595. The molecule has 2 amide bonds. The summed E-state index contributed by atoms with van der Waals surface area (Å²) >= 11 is 0. The van der Waals surface area contributed by atoms with E-state index in [1.54, 1.807) is 0 Å². The molecule has 4 unspecified atom stereocenters. The molecule has 2 aliphatic carbocycles. The van der Waals surface area contributed by atoms with Gasteiger partial charge in [-0.3, -0.25) is 14.5 Å². The molecule has 106 valence electrons. The van der Waals surface area contributed by atoms with Gasteiger partial charge < -0.3 is 5.11 Å². The van der Waals surface area contributed by atoms with Gasteiger partial charge in [0, 0.05) is 12.5 Å². The van der Waals surface area contributed by atoms with Crippen LogP contribution in [0, 0.1) is 23.7 Å². The third-order valence-corrected chi connectivity index (χ3v) is 5.44. The van der Waals surface area contributed by atoms with E-state index in [0.717, 1.165) is 38.5 Å². The van der Waals surface area contributed by atoms with Crippen molar-refractivity contribution in [2.24, 2.45) is 23.7 Å². The Bertz CT molecular complexity index is 371. The van der Waals surface area contributed by atoms with Gasteiger partial charge in [0.2, 0.25) is 11.8 Å². The van der Waals surface area contributed by atoms with Crippen LogP contribution >= 0.6 is 0 Å². The number of amides is 2. The highest BCUT2D eigenvalue weighted by Crippen LogP contribution is 2.44. The first-order chi connectivity index (χ1) is 9.11. The molecule has 3 fully saturated rings. The second-order valence-corrected chi connectivity index (χ2v) is 6.50. The van der Waals surface area contributed by atoms with Crippen molar-refractivity contribution in [2.45, 2.75) is 51.6 Å². The lowest BCUT2D eigenvalue weighted by Crippen LogP contribution is -2.38. The first-order valence-corrected chi connectivity index (χ1v) is 7.65. The minimum absolute atomic E-state index is 0.0325. The number of carbonyl (C=O) groups excluding carboxylic acids is 2. The van der Waals surface area contributed by atoms with Gasteiger partial charge in [-0.2, -0.15) is 0 Å². The summed E-state index contributed by atoms with van der Waals surface area (Å²) in [6, 6.07) is 0. The Morgan fingerprint density at radius 2 is 1.79 bits per heavy atom. The number of likely N-dealkylation sites (tertiary alicyclic amines) is 1. The highest BCUT2D eigenvalue weighted by molar-refractivity contribution is 6.05. The molecule has 0 aromatic carbocycles. The van der Waals surface area contributed by atoms with Crippen LogP contribution in [0.1, 0.15) is 45.4 Å². The zero-order valence-corrected chi connectivity index (χ0v) is 11.5. The van der Waals surface area contributed by atoms with Crippen LogP contribution in [0.3, 0.4) is 0 Å². The highest BCUT2D eigenvalue weighted by Gasteiger charge is 2.52. The highest BCUT2D eigenvalue weighted by atomic mass is 16.3. The molecule has 0 spiro atoms. The number of imide groups is 1. The van der Waals surface area contributed by atoms with Gasteiger partial charge in [0.05, 0.1) is 17.9 Å². The Labute approximate surface area is 114 Å². The van der Waals surface area contributed by atoms with E-state index < -0.39 is 0 Å². The van der Waals surface area contributed by atoms with E-state index in [9.17, 15) is 14.7 Å². The van der Waals surface area contributed by atoms with Crippen molar-refractivity contribution in [3.05, 3.63) is 0 Å². The molecule has 4 atom stereocenters. The van der Waals surface area contributed by atoms with Crippen molar-refractivity contribution >= 4 is 11.8 Å². The molecule has 19 heavy (non-hydrogen) atoms. The van der Waals surface area contributed by atoms with Crippen LogP contribution < -0.4 is 0 Å².